The molecule has 1 aromatic carbocycles. The molecule has 0 aliphatic carbocycles. The Morgan fingerprint density at radius 1 is 1.28 bits per heavy atom. The molecule has 0 bridgehead atoms. The summed E-state index contributed by atoms with van der Waals surface area (Å²) in [7, 11) is 2.04. The lowest BCUT2D eigenvalue weighted by atomic mass is 9.96. The van der Waals surface area contributed by atoms with Crippen molar-refractivity contribution in [2.75, 3.05) is 13.7 Å². The van der Waals surface area contributed by atoms with Gasteiger partial charge in [-0.05, 0) is 50.8 Å². The topological polar surface area (TPSA) is 21.3 Å². The Balaban J connectivity index is 1.90. The van der Waals surface area contributed by atoms with Gasteiger partial charge in [-0.1, -0.05) is 29.8 Å². The van der Waals surface area contributed by atoms with E-state index < -0.39 is 0 Å². The SMILES string of the molecule is CNC(CCc1ccc(C)cc1)C1=COCCC1. The fraction of sp³-hybridized carbons (Fsp3) is 0.500. The molecule has 0 aromatic heterocycles. The van der Waals surface area contributed by atoms with E-state index in [1.165, 1.54) is 23.1 Å². The van der Waals surface area contributed by atoms with Gasteiger partial charge < -0.3 is 10.1 Å². The fourth-order valence-corrected chi connectivity index (χ4v) is 2.42. The van der Waals surface area contributed by atoms with Crippen LogP contribution in [0.5, 0.6) is 0 Å². The molecule has 2 heteroatoms. The van der Waals surface area contributed by atoms with E-state index in [9.17, 15) is 0 Å². The quantitative estimate of drug-likeness (QED) is 0.860. The van der Waals surface area contributed by atoms with Gasteiger partial charge in [-0.3, -0.25) is 0 Å². The predicted molar refractivity (Wildman–Crippen MR) is 75.6 cm³/mol. The van der Waals surface area contributed by atoms with Crippen LogP contribution >= 0.6 is 0 Å². The minimum Gasteiger partial charge on any atom is -0.501 e. The van der Waals surface area contributed by atoms with Gasteiger partial charge in [-0.15, -0.1) is 0 Å². The van der Waals surface area contributed by atoms with Crippen LogP contribution < -0.4 is 5.32 Å². The number of hydrogen-bond acceptors (Lipinski definition) is 2. The Bertz CT molecular complexity index is 394. The summed E-state index contributed by atoms with van der Waals surface area (Å²) in [4.78, 5) is 0. The van der Waals surface area contributed by atoms with Gasteiger partial charge in [0.15, 0.2) is 0 Å². The second-order valence-corrected chi connectivity index (χ2v) is 5.03. The van der Waals surface area contributed by atoms with Crippen molar-refractivity contribution in [3.05, 3.63) is 47.2 Å². The first kappa shape index (κ1) is 13.2. The van der Waals surface area contributed by atoms with Crippen LogP contribution in [-0.4, -0.2) is 19.7 Å². The molecule has 0 spiro atoms. The molecule has 0 radical (unpaired) electrons. The first-order valence-electron chi connectivity index (χ1n) is 6.83. The maximum Gasteiger partial charge on any atom is 0.0876 e. The number of nitrogens with one attached hydrogen (secondary N) is 1. The van der Waals surface area contributed by atoms with E-state index in [-0.39, 0.29) is 0 Å². The van der Waals surface area contributed by atoms with Crippen LogP contribution in [0.25, 0.3) is 0 Å². The average molecular weight is 245 g/mol. The molecule has 0 amide bonds. The van der Waals surface area contributed by atoms with E-state index in [1.807, 2.05) is 13.3 Å². The average Bonchev–Trinajstić information content (AvgIpc) is 2.43. The highest BCUT2D eigenvalue weighted by Crippen LogP contribution is 2.19. The second kappa shape index (κ2) is 6.60. The van der Waals surface area contributed by atoms with Crippen molar-refractivity contribution in [1.82, 2.24) is 5.32 Å². The molecule has 0 fully saturated rings. The molecule has 0 saturated carbocycles. The first-order chi connectivity index (χ1) is 8.79. The van der Waals surface area contributed by atoms with Gasteiger partial charge in [0.05, 0.1) is 12.9 Å². The van der Waals surface area contributed by atoms with Gasteiger partial charge in [-0.25, -0.2) is 0 Å². The molecule has 0 saturated heterocycles. The lowest BCUT2D eigenvalue weighted by Crippen LogP contribution is -2.29. The van der Waals surface area contributed by atoms with Gasteiger partial charge in [-0.2, -0.15) is 0 Å². The van der Waals surface area contributed by atoms with Crippen molar-refractivity contribution in [1.29, 1.82) is 0 Å². The van der Waals surface area contributed by atoms with E-state index >= 15 is 0 Å². The molecular weight excluding hydrogens is 222 g/mol. The van der Waals surface area contributed by atoms with Crippen LogP contribution in [0, 0.1) is 6.92 Å². The van der Waals surface area contributed by atoms with E-state index in [2.05, 4.69) is 36.5 Å². The third kappa shape index (κ3) is 3.61. The highest BCUT2D eigenvalue weighted by molar-refractivity contribution is 5.22. The van der Waals surface area contributed by atoms with E-state index in [1.54, 1.807) is 0 Å². The maximum absolute atomic E-state index is 5.43. The zero-order valence-electron chi connectivity index (χ0n) is 11.4. The van der Waals surface area contributed by atoms with Gasteiger partial charge >= 0.3 is 0 Å². The summed E-state index contributed by atoms with van der Waals surface area (Å²) in [5, 5.41) is 3.41. The molecule has 2 nitrogen and oxygen atoms in total. The Morgan fingerprint density at radius 2 is 2.06 bits per heavy atom. The Kier molecular flexibility index (Phi) is 4.82. The van der Waals surface area contributed by atoms with Gasteiger partial charge in [0, 0.05) is 6.04 Å². The standard InChI is InChI=1S/C16H23NO/c1-13-5-7-14(8-6-13)9-10-16(17-2)15-4-3-11-18-12-15/h5-8,12,16-17H,3-4,9-11H2,1-2H3. The number of rotatable bonds is 5. The van der Waals surface area contributed by atoms with E-state index in [0.29, 0.717) is 6.04 Å². The predicted octanol–water partition coefficient (Wildman–Crippen LogP) is 3.21. The van der Waals surface area contributed by atoms with E-state index in [0.717, 1.165) is 25.9 Å². The summed E-state index contributed by atoms with van der Waals surface area (Å²) >= 11 is 0. The molecule has 1 heterocycles. The normalized spacial score (nSPS) is 16.9. The highest BCUT2D eigenvalue weighted by Gasteiger charge is 2.15. The number of aryl methyl sites for hydroxylation is 2. The van der Waals surface area contributed by atoms with Crippen LogP contribution in [0.15, 0.2) is 36.1 Å². The molecule has 98 valence electrons. The third-order valence-electron chi connectivity index (χ3n) is 3.60. The van der Waals surface area contributed by atoms with Crippen molar-refractivity contribution in [2.45, 2.75) is 38.6 Å². The van der Waals surface area contributed by atoms with Gasteiger partial charge in [0.25, 0.3) is 0 Å². The molecule has 2 rings (SSSR count). The smallest absolute Gasteiger partial charge is 0.0876 e. The summed E-state index contributed by atoms with van der Waals surface area (Å²) in [6.07, 6.45) is 6.52. The summed E-state index contributed by atoms with van der Waals surface area (Å²) in [5.74, 6) is 0. The lowest BCUT2D eigenvalue weighted by molar-refractivity contribution is 0.219. The molecule has 18 heavy (non-hydrogen) atoms. The van der Waals surface area contributed by atoms with E-state index in [4.69, 9.17) is 4.74 Å². The Labute approximate surface area is 110 Å². The summed E-state index contributed by atoms with van der Waals surface area (Å²) in [6, 6.07) is 9.28. The lowest BCUT2D eigenvalue weighted by Gasteiger charge is -2.22. The molecule has 1 atom stereocenters. The minimum absolute atomic E-state index is 0.451. The van der Waals surface area contributed by atoms with Crippen LogP contribution in [0.4, 0.5) is 0 Å². The van der Waals surface area contributed by atoms with Gasteiger partial charge in [0.2, 0.25) is 0 Å². The molecular formula is C16H23NO. The molecule has 1 N–H and O–H groups in total. The zero-order chi connectivity index (χ0) is 12.8. The van der Waals surface area contributed by atoms with Crippen molar-refractivity contribution in [2.24, 2.45) is 0 Å². The van der Waals surface area contributed by atoms with Gasteiger partial charge in [0.1, 0.15) is 0 Å². The Hall–Kier alpha value is -1.28. The highest BCUT2D eigenvalue weighted by atomic mass is 16.5. The van der Waals surface area contributed by atoms with Crippen molar-refractivity contribution >= 4 is 0 Å². The Morgan fingerprint density at radius 3 is 2.67 bits per heavy atom. The number of ether oxygens (including phenoxy) is 1. The number of hydrogen-bond donors (Lipinski definition) is 1. The molecule has 1 aromatic rings. The molecule has 1 unspecified atom stereocenters. The first-order valence-corrected chi connectivity index (χ1v) is 6.83. The van der Waals surface area contributed by atoms with Crippen molar-refractivity contribution in [3.8, 4) is 0 Å². The number of benzene rings is 1. The van der Waals surface area contributed by atoms with Crippen LogP contribution in [0.3, 0.4) is 0 Å². The minimum atomic E-state index is 0.451. The summed E-state index contributed by atoms with van der Waals surface area (Å²) in [6.45, 7) is 3.00. The largest absolute Gasteiger partial charge is 0.501 e. The number of likely N-dealkylation sites (N-methyl/N-ethyl adjacent to an activating group) is 1. The zero-order valence-corrected chi connectivity index (χ0v) is 11.4. The monoisotopic (exact) mass is 245 g/mol. The maximum atomic E-state index is 5.43. The van der Waals surface area contributed by atoms with Crippen LogP contribution in [0.1, 0.15) is 30.4 Å². The van der Waals surface area contributed by atoms with Crippen molar-refractivity contribution < 1.29 is 4.74 Å². The molecule has 1 aliphatic heterocycles. The van der Waals surface area contributed by atoms with Crippen LogP contribution in [0.2, 0.25) is 0 Å². The second-order valence-electron chi connectivity index (χ2n) is 5.03. The third-order valence-corrected chi connectivity index (χ3v) is 3.60. The van der Waals surface area contributed by atoms with Crippen LogP contribution in [-0.2, 0) is 11.2 Å². The van der Waals surface area contributed by atoms with Crippen molar-refractivity contribution in [3.63, 3.8) is 0 Å². The summed E-state index contributed by atoms with van der Waals surface area (Å²) in [5.41, 5.74) is 4.15. The fourth-order valence-electron chi connectivity index (χ4n) is 2.42. The summed E-state index contributed by atoms with van der Waals surface area (Å²) < 4.78 is 5.43. The molecule has 1 aliphatic rings.